The van der Waals surface area contributed by atoms with Gasteiger partial charge in [-0.15, -0.1) is 15.7 Å². The molecule has 0 radical (unpaired) electrons. The molecule has 1 aliphatic heterocycles. The fraction of sp³-hybridized carbons (Fsp3) is 0.100. The van der Waals surface area contributed by atoms with Crippen molar-refractivity contribution in [2.45, 2.75) is 18.5 Å². The van der Waals surface area contributed by atoms with Crippen LogP contribution in [-0.4, -0.2) is 33.9 Å². The third kappa shape index (κ3) is 3.18. The fourth-order valence-electron chi connectivity index (χ4n) is 3.51. The Morgan fingerprint density at radius 1 is 1.16 bits per heavy atom. The van der Waals surface area contributed by atoms with E-state index in [1.54, 1.807) is 36.5 Å². The van der Waals surface area contributed by atoms with Crippen molar-refractivity contribution in [1.29, 1.82) is 0 Å². The van der Waals surface area contributed by atoms with E-state index in [1.807, 2.05) is 6.92 Å². The zero-order valence-electron chi connectivity index (χ0n) is 16.1. The Morgan fingerprint density at radius 2 is 1.97 bits per heavy atom. The summed E-state index contributed by atoms with van der Waals surface area (Å²) in [7, 11) is -4.15. The molecule has 1 aliphatic rings. The van der Waals surface area contributed by atoms with Gasteiger partial charge in [-0.1, -0.05) is 12.1 Å². The van der Waals surface area contributed by atoms with Gasteiger partial charge in [-0.3, -0.25) is 4.79 Å². The number of sulfonamides is 1. The van der Waals surface area contributed by atoms with Crippen molar-refractivity contribution in [3.05, 3.63) is 74.6 Å². The van der Waals surface area contributed by atoms with Gasteiger partial charge in [0.2, 0.25) is 5.03 Å². The number of anilines is 1. The monoisotopic (exact) mass is 453 g/mol. The summed E-state index contributed by atoms with van der Waals surface area (Å²) in [5, 5.41) is 14.8. The molecular weight excluding hydrogens is 438 g/mol. The summed E-state index contributed by atoms with van der Waals surface area (Å²) in [5.41, 5.74) is -0.0979. The molecular formula is C20H15N5O4S2. The number of amidine groups is 1. The average molecular weight is 454 g/mol. The van der Waals surface area contributed by atoms with E-state index >= 15 is 0 Å². The van der Waals surface area contributed by atoms with Crippen LogP contribution < -0.4 is 10.9 Å². The highest BCUT2D eigenvalue weighted by atomic mass is 32.2. The maximum atomic E-state index is 13.5. The van der Waals surface area contributed by atoms with Crippen LogP contribution in [0.4, 0.5) is 5.69 Å². The molecule has 0 saturated heterocycles. The van der Waals surface area contributed by atoms with Gasteiger partial charge < -0.3 is 15.0 Å². The molecule has 0 spiro atoms. The molecule has 0 bridgehead atoms. The van der Waals surface area contributed by atoms with E-state index in [1.165, 1.54) is 28.2 Å². The standard InChI is InChI=1S/C20H15N5O4S2/c1-11-22-9-12(30-11)10-25-15-7-3-2-5-13(15)17(26)16(20(25)27)18-23-14-6-4-8-21-19(14)31(28,29)24-18/h2-9,26H,10H2,1H3,(H,23,24). The molecule has 4 heterocycles. The molecule has 5 rings (SSSR count). The first-order chi connectivity index (χ1) is 14.8. The first kappa shape index (κ1) is 19.4. The molecule has 0 aliphatic carbocycles. The predicted octanol–water partition coefficient (Wildman–Crippen LogP) is 2.48. The Kier molecular flexibility index (Phi) is 4.38. The van der Waals surface area contributed by atoms with Crippen molar-refractivity contribution in [2.24, 2.45) is 4.40 Å². The van der Waals surface area contributed by atoms with Crippen LogP contribution in [-0.2, 0) is 16.6 Å². The van der Waals surface area contributed by atoms with Crippen molar-refractivity contribution in [1.82, 2.24) is 14.5 Å². The number of pyridine rings is 2. The number of aryl methyl sites for hydroxylation is 1. The van der Waals surface area contributed by atoms with Gasteiger partial charge in [0.25, 0.3) is 5.56 Å². The van der Waals surface area contributed by atoms with E-state index < -0.39 is 15.6 Å². The van der Waals surface area contributed by atoms with Crippen LogP contribution in [0, 0.1) is 6.92 Å². The van der Waals surface area contributed by atoms with Crippen LogP contribution in [0.3, 0.4) is 0 Å². The minimum Gasteiger partial charge on any atom is -0.506 e. The highest BCUT2D eigenvalue weighted by molar-refractivity contribution is 7.90. The van der Waals surface area contributed by atoms with Crippen molar-refractivity contribution < 1.29 is 13.5 Å². The van der Waals surface area contributed by atoms with Crippen LogP contribution >= 0.6 is 11.3 Å². The number of thiazole rings is 1. The van der Waals surface area contributed by atoms with Gasteiger partial charge in [0.1, 0.15) is 11.3 Å². The van der Waals surface area contributed by atoms with E-state index in [0.717, 1.165) is 9.88 Å². The number of nitrogens with zero attached hydrogens (tertiary/aromatic N) is 4. The highest BCUT2D eigenvalue weighted by Crippen LogP contribution is 2.31. The summed E-state index contributed by atoms with van der Waals surface area (Å²) in [6, 6.07) is 9.96. The summed E-state index contributed by atoms with van der Waals surface area (Å²) >= 11 is 1.45. The molecule has 0 saturated carbocycles. The molecule has 1 aromatic carbocycles. The quantitative estimate of drug-likeness (QED) is 0.488. The smallest absolute Gasteiger partial charge is 0.303 e. The zero-order chi connectivity index (χ0) is 21.8. The maximum absolute atomic E-state index is 13.5. The van der Waals surface area contributed by atoms with E-state index in [0.29, 0.717) is 10.9 Å². The lowest BCUT2D eigenvalue weighted by atomic mass is 10.1. The van der Waals surface area contributed by atoms with Gasteiger partial charge in [-0.2, -0.15) is 8.42 Å². The van der Waals surface area contributed by atoms with Gasteiger partial charge in [0.15, 0.2) is 5.84 Å². The van der Waals surface area contributed by atoms with Gasteiger partial charge in [-0.05, 0) is 31.2 Å². The predicted molar refractivity (Wildman–Crippen MR) is 117 cm³/mol. The van der Waals surface area contributed by atoms with Crippen LogP contribution in [0.25, 0.3) is 10.9 Å². The molecule has 4 aromatic rings. The van der Waals surface area contributed by atoms with E-state index in [4.69, 9.17) is 0 Å². The lowest BCUT2D eigenvalue weighted by molar-refractivity contribution is 0.478. The van der Waals surface area contributed by atoms with Crippen molar-refractivity contribution >= 4 is 43.8 Å². The summed E-state index contributed by atoms with van der Waals surface area (Å²) in [5.74, 6) is -0.589. The first-order valence-electron chi connectivity index (χ1n) is 9.18. The van der Waals surface area contributed by atoms with Crippen LogP contribution in [0.5, 0.6) is 5.75 Å². The fourth-order valence-corrected chi connectivity index (χ4v) is 5.35. The third-order valence-electron chi connectivity index (χ3n) is 4.85. The SMILES string of the molecule is Cc1ncc(Cn2c(=O)c(C3=NS(=O)(=O)c4ncccc4N3)c(O)c3ccccc32)s1. The molecule has 0 amide bonds. The van der Waals surface area contributed by atoms with E-state index in [2.05, 4.69) is 19.7 Å². The Balaban J connectivity index is 1.77. The maximum Gasteiger partial charge on any atom is 0.303 e. The van der Waals surface area contributed by atoms with E-state index in [-0.39, 0.29) is 34.4 Å². The largest absolute Gasteiger partial charge is 0.506 e. The number of nitrogens with one attached hydrogen (secondary N) is 1. The number of rotatable bonds is 3. The summed E-state index contributed by atoms with van der Waals surface area (Å²) < 4.78 is 30.5. The molecule has 156 valence electrons. The van der Waals surface area contributed by atoms with Crippen molar-refractivity contribution in [3.63, 3.8) is 0 Å². The van der Waals surface area contributed by atoms with Gasteiger partial charge in [0, 0.05) is 22.7 Å². The minimum absolute atomic E-state index is 0.184. The Bertz CT molecular complexity index is 1550. The van der Waals surface area contributed by atoms with Crippen molar-refractivity contribution in [2.75, 3.05) is 5.32 Å². The molecule has 31 heavy (non-hydrogen) atoms. The second kappa shape index (κ2) is 7.00. The second-order valence-corrected chi connectivity index (χ2v) is 9.71. The average Bonchev–Trinajstić information content (AvgIpc) is 3.16. The number of para-hydroxylation sites is 1. The Labute approximate surface area is 180 Å². The van der Waals surface area contributed by atoms with Gasteiger partial charge in [-0.25, -0.2) is 9.97 Å². The third-order valence-corrected chi connectivity index (χ3v) is 6.98. The van der Waals surface area contributed by atoms with Gasteiger partial charge >= 0.3 is 10.0 Å². The van der Waals surface area contributed by atoms with Crippen LogP contribution in [0.2, 0.25) is 0 Å². The molecule has 9 nitrogen and oxygen atoms in total. The first-order valence-corrected chi connectivity index (χ1v) is 11.4. The molecule has 11 heteroatoms. The number of benzene rings is 1. The zero-order valence-corrected chi connectivity index (χ0v) is 17.7. The Morgan fingerprint density at radius 3 is 2.74 bits per heavy atom. The number of hydrogen-bond donors (Lipinski definition) is 2. The number of aromatic hydroxyl groups is 1. The minimum atomic E-state index is -4.15. The molecule has 2 N–H and O–H groups in total. The molecule has 0 fully saturated rings. The lowest BCUT2D eigenvalue weighted by Crippen LogP contribution is -2.33. The van der Waals surface area contributed by atoms with E-state index in [9.17, 15) is 18.3 Å². The number of fused-ring (bicyclic) bond motifs is 2. The lowest BCUT2D eigenvalue weighted by Gasteiger charge is -2.19. The summed E-state index contributed by atoms with van der Waals surface area (Å²) in [4.78, 5) is 22.4. The normalized spacial score (nSPS) is 14.7. The molecule has 0 unspecified atom stereocenters. The molecule has 0 atom stereocenters. The summed E-state index contributed by atoms with van der Waals surface area (Å²) in [6.07, 6.45) is 3.03. The Hall–Kier alpha value is -3.57. The number of hydrogen-bond acceptors (Lipinski definition) is 8. The molecule has 3 aromatic heterocycles. The van der Waals surface area contributed by atoms with Crippen LogP contribution in [0.1, 0.15) is 15.4 Å². The topological polar surface area (TPSA) is 127 Å². The highest BCUT2D eigenvalue weighted by Gasteiger charge is 2.30. The van der Waals surface area contributed by atoms with Crippen molar-refractivity contribution in [3.8, 4) is 5.75 Å². The second-order valence-electron chi connectivity index (χ2n) is 6.87. The van der Waals surface area contributed by atoms with Crippen LogP contribution in [0.15, 0.2) is 63.0 Å². The van der Waals surface area contributed by atoms with Gasteiger partial charge in [0.05, 0.1) is 22.8 Å². The number of aromatic nitrogens is 3. The summed E-state index contributed by atoms with van der Waals surface area (Å²) in [6.45, 7) is 2.09.